The van der Waals surface area contributed by atoms with Gasteiger partial charge in [0.25, 0.3) is 0 Å². The van der Waals surface area contributed by atoms with Crippen LogP contribution in [0.1, 0.15) is 37.8 Å². The van der Waals surface area contributed by atoms with E-state index in [0.717, 1.165) is 6.54 Å². The maximum atomic E-state index is 14.0. The van der Waals surface area contributed by atoms with Crippen LogP contribution in [0.25, 0.3) is 0 Å². The van der Waals surface area contributed by atoms with Crippen molar-refractivity contribution in [2.75, 3.05) is 6.54 Å². The number of nitrogens with two attached hydrogens (primary N) is 1. The molecule has 2 rings (SSSR count). The normalized spacial score (nSPS) is 24.4. The molecule has 3 N–H and O–H groups in total. The summed E-state index contributed by atoms with van der Waals surface area (Å²) in [5, 5.41) is 7.31. The summed E-state index contributed by atoms with van der Waals surface area (Å²) in [6, 6.07) is 5.33. The zero-order valence-corrected chi connectivity index (χ0v) is 11.6. The Morgan fingerprint density at radius 1 is 1.42 bits per heavy atom. The molecule has 2 unspecified atom stereocenters. The molecule has 4 heteroatoms. The predicted molar refractivity (Wildman–Crippen MR) is 75.7 cm³/mol. The summed E-state index contributed by atoms with van der Waals surface area (Å²) in [5.41, 5.74) is 6.50. The minimum absolute atomic E-state index is 0.0922. The fourth-order valence-electron chi connectivity index (χ4n) is 2.66. The van der Waals surface area contributed by atoms with E-state index >= 15 is 0 Å². The number of rotatable bonds is 3. The molecule has 3 nitrogen and oxygen atoms in total. The number of amidine groups is 1. The molecule has 1 saturated heterocycles. The second kappa shape index (κ2) is 5.70. The molecule has 1 fully saturated rings. The molecule has 1 aliphatic rings. The van der Waals surface area contributed by atoms with Crippen molar-refractivity contribution in [2.45, 2.75) is 39.3 Å². The van der Waals surface area contributed by atoms with Gasteiger partial charge in [0.15, 0.2) is 0 Å². The van der Waals surface area contributed by atoms with Crippen molar-refractivity contribution in [3.63, 3.8) is 0 Å². The predicted octanol–water partition coefficient (Wildman–Crippen LogP) is 2.73. The maximum Gasteiger partial charge on any atom is 0.128 e. The summed E-state index contributed by atoms with van der Waals surface area (Å²) < 4.78 is 14.0. The summed E-state index contributed by atoms with van der Waals surface area (Å²) in [6.07, 6.45) is 2.43. The first-order chi connectivity index (χ1) is 8.97. The summed E-state index contributed by atoms with van der Waals surface area (Å²) in [7, 11) is 0. The highest BCUT2D eigenvalue weighted by molar-refractivity contribution is 5.94. The van der Waals surface area contributed by atoms with Gasteiger partial charge in [-0.05, 0) is 31.7 Å². The van der Waals surface area contributed by atoms with Gasteiger partial charge in [0.05, 0.1) is 0 Å². The Kier molecular flexibility index (Phi) is 4.20. The van der Waals surface area contributed by atoms with E-state index in [9.17, 15) is 4.39 Å². The van der Waals surface area contributed by atoms with E-state index in [2.05, 4.69) is 18.7 Å². The van der Waals surface area contributed by atoms with Crippen molar-refractivity contribution in [1.82, 2.24) is 4.90 Å². The topological polar surface area (TPSA) is 53.1 Å². The number of nitrogen functional groups attached to an aromatic ring is 1. The van der Waals surface area contributed by atoms with E-state index in [1.165, 1.54) is 18.9 Å². The third kappa shape index (κ3) is 3.32. The third-order valence-electron chi connectivity index (χ3n) is 3.98. The van der Waals surface area contributed by atoms with E-state index in [1.807, 2.05) is 0 Å². The summed E-state index contributed by atoms with van der Waals surface area (Å²) in [6.45, 7) is 6.10. The largest absolute Gasteiger partial charge is 0.384 e. The number of hydrogen-bond acceptors (Lipinski definition) is 2. The molecule has 0 aliphatic carbocycles. The summed E-state index contributed by atoms with van der Waals surface area (Å²) >= 11 is 0. The van der Waals surface area contributed by atoms with Crippen molar-refractivity contribution in [3.05, 3.63) is 35.1 Å². The Balaban J connectivity index is 2.12. The molecule has 0 spiro atoms. The van der Waals surface area contributed by atoms with Crippen LogP contribution >= 0.6 is 0 Å². The Labute approximate surface area is 114 Å². The van der Waals surface area contributed by atoms with Crippen LogP contribution in [0.2, 0.25) is 0 Å². The molecule has 2 atom stereocenters. The Hall–Kier alpha value is -1.42. The fourth-order valence-corrected chi connectivity index (χ4v) is 2.66. The lowest BCUT2D eigenvalue weighted by Crippen LogP contribution is -2.40. The Morgan fingerprint density at radius 3 is 2.79 bits per heavy atom. The van der Waals surface area contributed by atoms with Crippen LogP contribution in [0.4, 0.5) is 4.39 Å². The molecule has 104 valence electrons. The Morgan fingerprint density at radius 2 is 2.16 bits per heavy atom. The van der Waals surface area contributed by atoms with Crippen LogP contribution in [0.15, 0.2) is 18.2 Å². The molecular weight excluding hydrogens is 241 g/mol. The molecule has 0 amide bonds. The van der Waals surface area contributed by atoms with Crippen LogP contribution in [-0.4, -0.2) is 23.3 Å². The fraction of sp³-hybridized carbons (Fsp3) is 0.533. The molecule has 1 heterocycles. The van der Waals surface area contributed by atoms with Gasteiger partial charge in [0, 0.05) is 30.3 Å². The van der Waals surface area contributed by atoms with E-state index in [-0.39, 0.29) is 11.7 Å². The standard InChI is InChI=1S/C15H22FN3/c1-10-3-4-11(2)19(8-10)9-13-6-5-12(15(17)18)7-14(13)16/h5-7,10-11H,3-4,8-9H2,1-2H3,(H3,17,18). The van der Waals surface area contributed by atoms with E-state index in [1.54, 1.807) is 12.1 Å². The molecular formula is C15H22FN3. The SMILES string of the molecule is CC1CCC(C)N(Cc2ccc(C(=N)N)cc2F)C1. The van der Waals surface area contributed by atoms with Crippen LogP contribution < -0.4 is 5.73 Å². The molecule has 1 aromatic carbocycles. The van der Waals surface area contributed by atoms with Crippen LogP contribution in [-0.2, 0) is 6.54 Å². The van der Waals surface area contributed by atoms with Gasteiger partial charge in [0.1, 0.15) is 11.7 Å². The lowest BCUT2D eigenvalue weighted by molar-refractivity contribution is 0.116. The van der Waals surface area contributed by atoms with Crippen molar-refractivity contribution >= 4 is 5.84 Å². The zero-order valence-electron chi connectivity index (χ0n) is 11.6. The second-order valence-electron chi connectivity index (χ2n) is 5.68. The van der Waals surface area contributed by atoms with E-state index in [4.69, 9.17) is 11.1 Å². The molecule has 0 radical (unpaired) electrons. The molecule has 1 aromatic rings. The van der Waals surface area contributed by atoms with Gasteiger partial charge in [-0.3, -0.25) is 10.3 Å². The second-order valence-corrected chi connectivity index (χ2v) is 5.68. The van der Waals surface area contributed by atoms with Gasteiger partial charge in [-0.15, -0.1) is 0 Å². The van der Waals surface area contributed by atoms with Crippen LogP contribution in [0, 0.1) is 17.1 Å². The average Bonchev–Trinajstić information content (AvgIpc) is 2.36. The first kappa shape index (κ1) is 14.0. The highest BCUT2D eigenvalue weighted by Gasteiger charge is 2.23. The monoisotopic (exact) mass is 263 g/mol. The van der Waals surface area contributed by atoms with Crippen molar-refractivity contribution in [3.8, 4) is 0 Å². The number of likely N-dealkylation sites (tertiary alicyclic amines) is 1. The number of halogens is 1. The zero-order chi connectivity index (χ0) is 14.0. The van der Waals surface area contributed by atoms with Gasteiger partial charge < -0.3 is 5.73 Å². The molecule has 0 saturated carbocycles. The van der Waals surface area contributed by atoms with Crippen LogP contribution in [0.5, 0.6) is 0 Å². The number of piperidine rings is 1. The number of nitrogens with zero attached hydrogens (tertiary/aromatic N) is 1. The first-order valence-corrected chi connectivity index (χ1v) is 6.84. The van der Waals surface area contributed by atoms with Crippen molar-refractivity contribution in [1.29, 1.82) is 5.41 Å². The Bertz CT molecular complexity index is 472. The number of benzene rings is 1. The minimum atomic E-state index is -0.266. The average molecular weight is 263 g/mol. The van der Waals surface area contributed by atoms with E-state index < -0.39 is 0 Å². The highest BCUT2D eigenvalue weighted by atomic mass is 19.1. The quantitative estimate of drug-likeness (QED) is 0.651. The van der Waals surface area contributed by atoms with Gasteiger partial charge in [-0.1, -0.05) is 19.1 Å². The minimum Gasteiger partial charge on any atom is -0.384 e. The smallest absolute Gasteiger partial charge is 0.128 e. The summed E-state index contributed by atoms with van der Waals surface area (Å²) in [4.78, 5) is 2.33. The molecule has 0 bridgehead atoms. The number of nitrogens with one attached hydrogen (secondary N) is 1. The van der Waals surface area contributed by atoms with Crippen molar-refractivity contribution in [2.24, 2.45) is 11.7 Å². The molecule has 1 aliphatic heterocycles. The van der Waals surface area contributed by atoms with Crippen LogP contribution in [0.3, 0.4) is 0 Å². The lowest BCUT2D eigenvalue weighted by atomic mass is 9.94. The van der Waals surface area contributed by atoms with Crippen molar-refractivity contribution < 1.29 is 4.39 Å². The van der Waals surface area contributed by atoms with Gasteiger partial charge in [0.2, 0.25) is 0 Å². The van der Waals surface area contributed by atoms with Gasteiger partial charge in [-0.2, -0.15) is 0 Å². The molecule has 0 aromatic heterocycles. The highest BCUT2D eigenvalue weighted by Crippen LogP contribution is 2.24. The number of hydrogen-bond donors (Lipinski definition) is 2. The van der Waals surface area contributed by atoms with Gasteiger partial charge >= 0.3 is 0 Å². The third-order valence-corrected chi connectivity index (χ3v) is 3.98. The van der Waals surface area contributed by atoms with Gasteiger partial charge in [-0.25, -0.2) is 4.39 Å². The first-order valence-electron chi connectivity index (χ1n) is 6.84. The van der Waals surface area contributed by atoms with E-state index in [0.29, 0.717) is 29.6 Å². The lowest BCUT2D eigenvalue weighted by Gasteiger charge is -2.36. The summed E-state index contributed by atoms with van der Waals surface area (Å²) in [5.74, 6) is 0.319. The maximum absolute atomic E-state index is 14.0. The molecule has 19 heavy (non-hydrogen) atoms.